The first-order chi connectivity index (χ1) is 11.2. The average molecular weight is 387 g/mol. The molecule has 0 rings (SSSR count). The van der Waals surface area contributed by atoms with E-state index in [1.54, 1.807) is 21.1 Å². The molecular weight excluding hydrogens is 352 g/mol. The Morgan fingerprint density at radius 3 is 1.80 bits per heavy atom. The highest BCUT2D eigenvalue weighted by atomic mass is 32.2. The molecule has 0 spiro atoms. The van der Waals surface area contributed by atoms with Crippen molar-refractivity contribution in [1.82, 2.24) is 4.90 Å². The van der Waals surface area contributed by atoms with Crippen molar-refractivity contribution in [3.05, 3.63) is 0 Å². The first-order valence-corrected chi connectivity index (χ1v) is 9.63. The zero-order valence-corrected chi connectivity index (χ0v) is 16.8. The summed E-state index contributed by atoms with van der Waals surface area (Å²) in [5.41, 5.74) is 0. The Hall–Kier alpha value is -0.780. The summed E-state index contributed by atoms with van der Waals surface area (Å²) in [6, 6.07) is 0. The molecule has 0 radical (unpaired) electrons. The van der Waals surface area contributed by atoms with Crippen molar-refractivity contribution in [1.29, 1.82) is 0 Å². The average Bonchev–Trinajstić information content (AvgIpc) is 2.41. The van der Waals surface area contributed by atoms with Crippen molar-refractivity contribution in [2.75, 3.05) is 54.0 Å². The van der Waals surface area contributed by atoms with E-state index in [1.165, 1.54) is 11.8 Å². The number of aliphatic carboxylic acids is 1. The van der Waals surface area contributed by atoms with Crippen LogP contribution >= 0.6 is 0 Å². The van der Waals surface area contributed by atoms with E-state index in [0.717, 1.165) is 6.42 Å². The van der Waals surface area contributed by atoms with Gasteiger partial charge in [-0.3, -0.25) is 9.45 Å². The highest BCUT2D eigenvalue weighted by Crippen LogP contribution is 2.27. The minimum Gasteiger partial charge on any atom is -0.544 e. The van der Waals surface area contributed by atoms with Gasteiger partial charge in [-0.15, -0.1) is 0 Å². The second-order valence-electron chi connectivity index (χ2n) is 7.01. The van der Waals surface area contributed by atoms with Crippen molar-refractivity contribution in [3.63, 3.8) is 0 Å². The molecule has 0 bridgehead atoms. The fraction of sp³-hybridized carbons (Fsp3) is 0.933. The van der Waals surface area contributed by atoms with E-state index in [4.69, 9.17) is 10.2 Å². The van der Waals surface area contributed by atoms with Crippen LogP contribution < -0.4 is 5.11 Å². The van der Waals surface area contributed by atoms with Gasteiger partial charge in [0.1, 0.15) is 11.4 Å². The maximum atomic E-state index is 11.5. The van der Waals surface area contributed by atoms with Gasteiger partial charge < -0.3 is 24.6 Å². The van der Waals surface area contributed by atoms with Gasteiger partial charge in [0.2, 0.25) is 0 Å². The lowest BCUT2D eigenvalue weighted by atomic mass is 10.1. The lowest BCUT2D eigenvalue weighted by Crippen LogP contribution is -2.54. The number of hydrogen-bond donors (Lipinski definition) is 3. The molecule has 0 fully saturated rings. The first-order valence-electron chi connectivity index (χ1n) is 8.19. The van der Waals surface area contributed by atoms with Gasteiger partial charge in [-0.2, -0.15) is 8.42 Å². The smallest absolute Gasteiger partial charge is 0.283 e. The third-order valence-corrected chi connectivity index (χ3v) is 5.14. The molecule has 0 aliphatic heterocycles. The maximum absolute atomic E-state index is 11.5. The number of aliphatic hydroxyl groups excluding tert-OH is 2. The number of likely N-dealkylation sites (N-methyl/N-ethyl adjacent to an activating group) is 1. The van der Waals surface area contributed by atoms with E-state index < -0.39 is 21.0 Å². The number of nitrogens with zero attached hydrogens (tertiary/aromatic N) is 2. The van der Waals surface area contributed by atoms with Crippen LogP contribution in [0, 0.1) is 0 Å². The van der Waals surface area contributed by atoms with Gasteiger partial charge in [-0.05, 0) is 13.3 Å². The summed E-state index contributed by atoms with van der Waals surface area (Å²) < 4.78 is 32.8. The maximum Gasteiger partial charge on any atom is 0.283 e. The summed E-state index contributed by atoms with van der Waals surface area (Å²) in [6.07, 6.45) is 1.71. The summed E-state index contributed by atoms with van der Waals surface area (Å²) in [5, 5.41) is 27.7. The Kier molecular flexibility index (Phi) is 12.4. The number of carbonyl (C=O) groups is 1. The molecule has 0 saturated heterocycles. The molecule has 0 aliphatic rings. The number of carboxylic acids is 1. The lowest BCUT2D eigenvalue weighted by molar-refractivity contribution is -0.864. The number of rotatable bonds is 11. The van der Waals surface area contributed by atoms with Crippen LogP contribution in [-0.4, -0.2) is 97.4 Å². The van der Waals surface area contributed by atoms with E-state index in [1.807, 2.05) is 6.92 Å². The molecule has 0 amide bonds. The standard InChI is InChI=1S/C10H23NO5S.C5H11NO2/c1-3-4-5-10(2,17(14,15)16)11(6-8-12)7-9-13;1-6(2,3)4-5(7)8/h12-13H,3-9H2,1-2H3,(H,14,15,16);4H2,1-3H3. The van der Waals surface area contributed by atoms with E-state index in [-0.39, 0.29) is 39.3 Å². The summed E-state index contributed by atoms with van der Waals surface area (Å²) in [6.45, 7) is 3.16. The highest BCUT2D eigenvalue weighted by Gasteiger charge is 2.42. The third kappa shape index (κ3) is 11.4. The Morgan fingerprint density at radius 2 is 1.60 bits per heavy atom. The molecule has 3 N–H and O–H groups in total. The Morgan fingerprint density at radius 1 is 1.16 bits per heavy atom. The van der Waals surface area contributed by atoms with Gasteiger partial charge in [0, 0.05) is 13.1 Å². The molecule has 0 heterocycles. The molecule has 0 saturated carbocycles. The van der Waals surface area contributed by atoms with Crippen LogP contribution in [0.4, 0.5) is 0 Å². The third-order valence-electron chi connectivity index (χ3n) is 3.56. The van der Waals surface area contributed by atoms with E-state index >= 15 is 0 Å². The molecule has 0 aromatic carbocycles. The predicted octanol–water partition coefficient (Wildman–Crippen LogP) is -1.49. The highest BCUT2D eigenvalue weighted by molar-refractivity contribution is 7.87. The van der Waals surface area contributed by atoms with Crippen molar-refractivity contribution in [3.8, 4) is 0 Å². The lowest BCUT2D eigenvalue weighted by Gasteiger charge is -2.38. The van der Waals surface area contributed by atoms with Crippen LogP contribution in [-0.2, 0) is 14.9 Å². The Bertz CT molecular complexity index is 471. The van der Waals surface area contributed by atoms with Gasteiger partial charge in [0.05, 0.1) is 40.3 Å². The SMILES string of the molecule is CCCCC(C)(N(CCO)CCO)S(=O)(=O)O.C[N+](C)(C)CC(=O)[O-]. The molecule has 9 nitrogen and oxygen atoms in total. The van der Waals surface area contributed by atoms with Crippen LogP contribution in [0.15, 0.2) is 0 Å². The van der Waals surface area contributed by atoms with E-state index in [2.05, 4.69) is 0 Å². The fourth-order valence-electron chi connectivity index (χ4n) is 2.17. The van der Waals surface area contributed by atoms with Crippen LogP contribution in [0.1, 0.15) is 33.1 Å². The summed E-state index contributed by atoms with van der Waals surface area (Å²) >= 11 is 0. The first kappa shape index (κ1) is 26.4. The quantitative estimate of drug-likeness (QED) is 0.288. The molecule has 152 valence electrons. The van der Waals surface area contributed by atoms with Crippen LogP contribution in [0.25, 0.3) is 0 Å². The Balaban J connectivity index is 0. The summed E-state index contributed by atoms with van der Waals surface area (Å²) in [5.74, 6) is -1.00. The molecule has 10 heteroatoms. The van der Waals surface area contributed by atoms with E-state index in [9.17, 15) is 22.9 Å². The van der Waals surface area contributed by atoms with Gasteiger partial charge in [-0.1, -0.05) is 19.8 Å². The zero-order chi connectivity index (χ0) is 20.3. The summed E-state index contributed by atoms with van der Waals surface area (Å²) in [4.78, 5) is 9.84. The largest absolute Gasteiger partial charge is 0.544 e. The second-order valence-corrected chi connectivity index (χ2v) is 8.84. The molecule has 1 unspecified atom stereocenters. The number of aliphatic hydroxyl groups is 2. The number of quaternary nitrogens is 1. The minimum atomic E-state index is -4.28. The van der Waals surface area contributed by atoms with Crippen molar-refractivity contribution >= 4 is 16.1 Å². The fourth-order valence-corrected chi connectivity index (χ4v) is 3.08. The molecule has 25 heavy (non-hydrogen) atoms. The van der Waals surface area contributed by atoms with Gasteiger partial charge in [0.15, 0.2) is 0 Å². The number of carbonyl (C=O) groups excluding carboxylic acids is 1. The number of hydrogen-bond acceptors (Lipinski definition) is 7. The van der Waals surface area contributed by atoms with Gasteiger partial charge in [-0.25, -0.2) is 0 Å². The molecule has 0 aliphatic carbocycles. The van der Waals surface area contributed by atoms with Crippen molar-refractivity contribution in [2.45, 2.75) is 38.0 Å². The van der Waals surface area contributed by atoms with Gasteiger partial charge in [0.25, 0.3) is 10.1 Å². The van der Waals surface area contributed by atoms with Crippen LogP contribution in [0.2, 0.25) is 0 Å². The normalized spacial score (nSPS) is 14.6. The van der Waals surface area contributed by atoms with Crippen LogP contribution in [0.3, 0.4) is 0 Å². The second kappa shape index (κ2) is 11.8. The predicted molar refractivity (Wildman–Crippen MR) is 93.1 cm³/mol. The molecule has 0 aromatic rings. The minimum absolute atomic E-state index is 0.0694. The topological polar surface area (TPSA) is 138 Å². The Labute approximate surface area is 151 Å². The van der Waals surface area contributed by atoms with Gasteiger partial charge >= 0.3 is 0 Å². The van der Waals surface area contributed by atoms with Crippen molar-refractivity contribution < 1.29 is 37.6 Å². The summed E-state index contributed by atoms with van der Waals surface area (Å²) in [7, 11) is 1.13. The molecule has 0 aromatic heterocycles. The molecular formula is C15H34N2O7S. The monoisotopic (exact) mass is 386 g/mol. The number of carboxylic acid groups (broad SMARTS) is 1. The van der Waals surface area contributed by atoms with E-state index in [0.29, 0.717) is 10.9 Å². The number of unbranched alkanes of at least 4 members (excludes halogenated alkanes) is 1. The molecule has 1 atom stereocenters. The van der Waals surface area contributed by atoms with Crippen molar-refractivity contribution in [2.24, 2.45) is 0 Å². The van der Waals surface area contributed by atoms with Crippen LogP contribution in [0.5, 0.6) is 0 Å². The zero-order valence-electron chi connectivity index (χ0n) is 15.9.